The predicted molar refractivity (Wildman–Crippen MR) is 104 cm³/mol. The summed E-state index contributed by atoms with van der Waals surface area (Å²) < 4.78 is 0. The minimum Gasteiger partial charge on any atom is -0.307 e. The average Bonchev–Trinajstić information content (AvgIpc) is 2.67. The van der Waals surface area contributed by atoms with E-state index in [1.165, 1.54) is 0 Å². The number of Topliss-reactive ketones (excluding diaryl/α,β-unsaturated/α-hetero) is 1. The number of carbonyl (C=O) groups excluding carboxylic acids is 2. The van der Waals surface area contributed by atoms with Crippen LogP contribution in [0, 0.1) is 17.8 Å². The Hall–Kier alpha value is -2.86. The average molecular weight is 345 g/mol. The van der Waals surface area contributed by atoms with Crippen molar-refractivity contribution in [2.24, 2.45) is 5.92 Å². The lowest BCUT2D eigenvalue weighted by molar-refractivity contribution is -0.126. The lowest BCUT2D eigenvalue weighted by Crippen LogP contribution is -2.32. The molecule has 0 saturated carbocycles. The van der Waals surface area contributed by atoms with Crippen LogP contribution in [-0.2, 0) is 16.1 Å². The Kier molecular flexibility index (Phi) is 5.53. The Labute approximate surface area is 155 Å². The van der Waals surface area contributed by atoms with Crippen molar-refractivity contribution in [2.75, 3.05) is 4.90 Å². The van der Waals surface area contributed by atoms with Gasteiger partial charge in [0.2, 0.25) is 5.91 Å². The fraction of sp³-hybridized carbons (Fsp3) is 0.304. The second-order valence-electron chi connectivity index (χ2n) is 6.68. The molecule has 0 radical (unpaired) electrons. The van der Waals surface area contributed by atoms with Crippen LogP contribution in [0.1, 0.15) is 49.8 Å². The van der Waals surface area contributed by atoms with E-state index in [0.29, 0.717) is 13.0 Å². The monoisotopic (exact) mass is 345 g/mol. The van der Waals surface area contributed by atoms with Crippen LogP contribution >= 0.6 is 0 Å². The highest BCUT2D eigenvalue weighted by atomic mass is 16.2. The number of amides is 1. The standard InChI is InChI=1S/C23H23NO2/c1-3-17(2)22(25)14-15-23(26)24-16-20-10-5-4-8-18(20)12-13-19-9-6-7-11-21(19)24/h4-11,17H,3,14-16H2,1-2H3. The maximum absolute atomic E-state index is 13.0. The van der Waals surface area contributed by atoms with Gasteiger partial charge in [0.1, 0.15) is 5.78 Å². The van der Waals surface area contributed by atoms with Crippen molar-refractivity contribution in [3.05, 3.63) is 65.2 Å². The first-order valence-corrected chi connectivity index (χ1v) is 9.12. The summed E-state index contributed by atoms with van der Waals surface area (Å²) in [7, 11) is 0. The van der Waals surface area contributed by atoms with Crippen LogP contribution in [0.2, 0.25) is 0 Å². The zero-order chi connectivity index (χ0) is 18.5. The SMILES string of the molecule is CCC(C)C(=O)CCC(=O)N1Cc2ccccc2C#Cc2ccccc21. The first kappa shape index (κ1) is 17.9. The van der Waals surface area contributed by atoms with E-state index in [4.69, 9.17) is 0 Å². The second-order valence-corrected chi connectivity index (χ2v) is 6.68. The smallest absolute Gasteiger partial charge is 0.227 e. The molecule has 2 aromatic rings. The molecule has 0 aliphatic carbocycles. The van der Waals surface area contributed by atoms with Gasteiger partial charge in [-0.3, -0.25) is 9.59 Å². The molecule has 2 aromatic carbocycles. The van der Waals surface area contributed by atoms with E-state index in [1.807, 2.05) is 62.4 Å². The summed E-state index contributed by atoms with van der Waals surface area (Å²) in [4.78, 5) is 26.9. The lowest BCUT2D eigenvalue weighted by Gasteiger charge is -2.26. The third kappa shape index (κ3) is 3.86. The third-order valence-corrected chi connectivity index (χ3v) is 4.92. The molecule has 1 heterocycles. The fourth-order valence-electron chi connectivity index (χ4n) is 3.05. The van der Waals surface area contributed by atoms with Crippen LogP contribution < -0.4 is 4.90 Å². The highest BCUT2D eigenvalue weighted by molar-refractivity contribution is 5.97. The van der Waals surface area contributed by atoms with Crippen molar-refractivity contribution in [3.8, 4) is 11.8 Å². The topological polar surface area (TPSA) is 37.4 Å². The van der Waals surface area contributed by atoms with Crippen molar-refractivity contribution in [3.63, 3.8) is 0 Å². The van der Waals surface area contributed by atoms with E-state index < -0.39 is 0 Å². The minimum absolute atomic E-state index is 0.00834. The van der Waals surface area contributed by atoms with Crippen LogP contribution in [0.5, 0.6) is 0 Å². The van der Waals surface area contributed by atoms with E-state index in [1.54, 1.807) is 4.90 Å². The van der Waals surface area contributed by atoms with Gasteiger partial charge in [0.05, 0.1) is 12.2 Å². The number of para-hydroxylation sites is 1. The molecule has 1 unspecified atom stereocenters. The molecule has 26 heavy (non-hydrogen) atoms. The summed E-state index contributed by atoms with van der Waals surface area (Å²) in [6.45, 7) is 4.39. The Morgan fingerprint density at radius 2 is 1.65 bits per heavy atom. The number of hydrogen-bond donors (Lipinski definition) is 0. The first-order valence-electron chi connectivity index (χ1n) is 9.12. The number of anilines is 1. The summed E-state index contributed by atoms with van der Waals surface area (Å²) in [6.07, 6.45) is 1.33. The molecule has 3 nitrogen and oxygen atoms in total. The number of benzene rings is 2. The number of ketones is 1. The normalized spacial score (nSPS) is 13.4. The Morgan fingerprint density at radius 3 is 2.42 bits per heavy atom. The van der Waals surface area contributed by atoms with Gasteiger partial charge in [0, 0.05) is 29.9 Å². The summed E-state index contributed by atoms with van der Waals surface area (Å²) in [5, 5.41) is 0. The summed E-state index contributed by atoms with van der Waals surface area (Å²) in [5.74, 6) is 6.53. The molecule has 0 N–H and O–H groups in total. The largest absolute Gasteiger partial charge is 0.307 e. The van der Waals surface area contributed by atoms with Crippen molar-refractivity contribution in [1.82, 2.24) is 0 Å². The van der Waals surface area contributed by atoms with Crippen molar-refractivity contribution < 1.29 is 9.59 Å². The number of hydrogen-bond acceptors (Lipinski definition) is 2. The zero-order valence-electron chi connectivity index (χ0n) is 15.3. The minimum atomic E-state index is -0.0346. The van der Waals surface area contributed by atoms with Crippen molar-refractivity contribution in [2.45, 2.75) is 39.7 Å². The Bertz CT molecular complexity index is 888. The van der Waals surface area contributed by atoms with E-state index in [0.717, 1.165) is 28.8 Å². The quantitative estimate of drug-likeness (QED) is 0.757. The molecule has 3 heteroatoms. The molecule has 3 rings (SSSR count). The van der Waals surface area contributed by atoms with Crippen LogP contribution in [0.4, 0.5) is 5.69 Å². The van der Waals surface area contributed by atoms with Gasteiger partial charge < -0.3 is 4.90 Å². The summed E-state index contributed by atoms with van der Waals surface area (Å²) in [5.41, 5.74) is 3.62. The van der Waals surface area contributed by atoms with E-state index >= 15 is 0 Å². The van der Waals surface area contributed by atoms with E-state index in [-0.39, 0.29) is 24.0 Å². The number of fused-ring (bicyclic) bond motifs is 2. The number of carbonyl (C=O) groups is 2. The van der Waals surface area contributed by atoms with Crippen LogP contribution in [0.3, 0.4) is 0 Å². The van der Waals surface area contributed by atoms with Crippen LogP contribution in [-0.4, -0.2) is 11.7 Å². The van der Waals surface area contributed by atoms with Gasteiger partial charge >= 0.3 is 0 Å². The number of rotatable bonds is 5. The maximum Gasteiger partial charge on any atom is 0.227 e. The fourth-order valence-corrected chi connectivity index (χ4v) is 3.05. The molecular weight excluding hydrogens is 322 g/mol. The second kappa shape index (κ2) is 8.01. The predicted octanol–water partition coefficient (Wildman–Crippen LogP) is 4.33. The van der Waals surface area contributed by atoms with Gasteiger partial charge in [0.15, 0.2) is 0 Å². The first-order chi connectivity index (χ1) is 12.6. The van der Waals surface area contributed by atoms with Gasteiger partial charge in [0.25, 0.3) is 0 Å². The van der Waals surface area contributed by atoms with Gasteiger partial charge in [-0.2, -0.15) is 0 Å². The summed E-state index contributed by atoms with van der Waals surface area (Å²) >= 11 is 0. The van der Waals surface area contributed by atoms with Gasteiger partial charge in [-0.25, -0.2) is 0 Å². The highest BCUT2D eigenvalue weighted by Gasteiger charge is 2.22. The molecule has 0 bridgehead atoms. The zero-order valence-corrected chi connectivity index (χ0v) is 15.3. The van der Waals surface area contributed by atoms with Crippen molar-refractivity contribution >= 4 is 17.4 Å². The van der Waals surface area contributed by atoms with Gasteiger partial charge in [-0.1, -0.05) is 56.0 Å². The molecule has 1 amide bonds. The molecule has 1 aliphatic rings. The van der Waals surface area contributed by atoms with Crippen molar-refractivity contribution in [1.29, 1.82) is 0 Å². The third-order valence-electron chi connectivity index (χ3n) is 4.92. The Balaban J connectivity index is 1.90. The highest BCUT2D eigenvalue weighted by Crippen LogP contribution is 2.26. The molecule has 0 aromatic heterocycles. The lowest BCUT2D eigenvalue weighted by atomic mass is 9.99. The molecule has 132 valence electrons. The van der Waals surface area contributed by atoms with Crippen LogP contribution in [0.25, 0.3) is 0 Å². The van der Waals surface area contributed by atoms with E-state index in [2.05, 4.69) is 11.8 Å². The molecule has 0 spiro atoms. The van der Waals surface area contributed by atoms with E-state index in [9.17, 15) is 9.59 Å². The molecule has 0 fully saturated rings. The molecule has 1 atom stereocenters. The molecule has 0 saturated heterocycles. The molecular formula is C23H23NO2. The van der Waals surface area contributed by atoms with Crippen LogP contribution in [0.15, 0.2) is 48.5 Å². The van der Waals surface area contributed by atoms with Gasteiger partial charge in [-0.05, 0) is 30.2 Å². The van der Waals surface area contributed by atoms with Gasteiger partial charge in [-0.15, -0.1) is 0 Å². The Morgan fingerprint density at radius 1 is 1.00 bits per heavy atom. The maximum atomic E-state index is 13.0. The summed E-state index contributed by atoms with van der Waals surface area (Å²) in [6, 6.07) is 15.6. The molecule has 1 aliphatic heterocycles. The number of nitrogens with zero attached hydrogens (tertiary/aromatic N) is 1.